The maximum absolute atomic E-state index is 8.75. The zero-order chi connectivity index (χ0) is 22.5. The lowest BCUT2D eigenvalue weighted by atomic mass is 10.1. The second-order valence-electron chi connectivity index (χ2n) is 6.34. The van der Waals surface area contributed by atoms with Crippen LogP contribution in [0.2, 0.25) is 0 Å². The molecule has 0 heterocycles. The fourth-order valence-electron chi connectivity index (χ4n) is 2.23. The van der Waals surface area contributed by atoms with Crippen molar-refractivity contribution in [3.05, 3.63) is 103 Å². The maximum Gasteiger partial charge on any atom is 0.119 e. The first kappa shape index (κ1) is 27.3. The molecule has 0 amide bonds. The van der Waals surface area contributed by atoms with Gasteiger partial charge in [0.2, 0.25) is 0 Å². The lowest BCUT2D eigenvalue weighted by molar-refractivity contribution is 0.201. The molecule has 4 heteroatoms. The number of hydrogen-bond acceptors (Lipinski definition) is 4. The van der Waals surface area contributed by atoms with Crippen LogP contribution < -0.4 is 4.74 Å². The molecule has 164 valence electrons. The van der Waals surface area contributed by atoms with Crippen LogP contribution >= 0.6 is 0 Å². The first-order valence-electron chi connectivity index (χ1n) is 10.1. The summed E-state index contributed by atoms with van der Waals surface area (Å²) in [7, 11) is 0. The SMILES string of the molecule is C=CC(C)/C=C(\C=C/C)CCO.OCCOc1ccccc1.OCc1ccccc1. The highest BCUT2D eigenvalue weighted by molar-refractivity contribution is 5.21. The number of ether oxygens (including phenoxy) is 1. The van der Waals surface area contributed by atoms with Gasteiger partial charge in [0.25, 0.3) is 0 Å². The summed E-state index contributed by atoms with van der Waals surface area (Å²) in [6.07, 6.45) is 8.74. The topological polar surface area (TPSA) is 69.9 Å². The Hall–Kier alpha value is -2.66. The molecule has 2 aromatic carbocycles. The van der Waals surface area contributed by atoms with Gasteiger partial charge in [0, 0.05) is 6.61 Å². The number of aliphatic hydroxyl groups is 3. The average molecular weight is 413 g/mol. The van der Waals surface area contributed by atoms with Crippen molar-refractivity contribution < 1.29 is 20.1 Å². The average Bonchev–Trinajstić information content (AvgIpc) is 2.80. The number of para-hydroxylation sites is 1. The van der Waals surface area contributed by atoms with E-state index < -0.39 is 0 Å². The highest BCUT2D eigenvalue weighted by Gasteiger charge is 1.94. The Kier molecular flexibility index (Phi) is 17.9. The molecule has 2 rings (SSSR count). The number of aliphatic hydroxyl groups excluding tert-OH is 3. The molecule has 1 unspecified atom stereocenters. The smallest absolute Gasteiger partial charge is 0.119 e. The van der Waals surface area contributed by atoms with Crippen LogP contribution in [-0.2, 0) is 6.61 Å². The van der Waals surface area contributed by atoms with E-state index in [-0.39, 0.29) is 19.8 Å². The minimum atomic E-state index is 0.0644. The molecule has 0 bridgehead atoms. The van der Waals surface area contributed by atoms with Gasteiger partial charge in [-0.1, -0.05) is 79.8 Å². The Morgan fingerprint density at radius 1 is 0.967 bits per heavy atom. The quantitative estimate of drug-likeness (QED) is 0.403. The van der Waals surface area contributed by atoms with Crippen LogP contribution in [0.3, 0.4) is 0 Å². The van der Waals surface area contributed by atoms with E-state index in [0.717, 1.165) is 17.7 Å². The molecule has 0 aromatic heterocycles. The normalized spacial score (nSPS) is 11.6. The van der Waals surface area contributed by atoms with Gasteiger partial charge < -0.3 is 20.1 Å². The fraction of sp³-hybridized carbons (Fsp3) is 0.308. The van der Waals surface area contributed by atoms with E-state index in [2.05, 4.69) is 19.6 Å². The second-order valence-corrected chi connectivity index (χ2v) is 6.34. The molecule has 0 saturated carbocycles. The summed E-state index contributed by atoms with van der Waals surface area (Å²) in [6, 6.07) is 19.0. The molecule has 2 aromatic rings. The van der Waals surface area contributed by atoms with Crippen LogP contribution in [0.4, 0.5) is 0 Å². The van der Waals surface area contributed by atoms with Gasteiger partial charge in [-0.05, 0) is 42.5 Å². The molecule has 0 aliphatic rings. The van der Waals surface area contributed by atoms with Crippen molar-refractivity contribution in [2.75, 3.05) is 19.8 Å². The Morgan fingerprint density at radius 2 is 1.57 bits per heavy atom. The van der Waals surface area contributed by atoms with E-state index in [1.165, 1.54) is 5.57 Å². The van der Waals surface area contributed by atoms with Crippen molar-refractivity contribution in [2.24, 2.45) is 5.92 Å². The van der Waals surface area contributed by atoms with Crippen molar-refractivity contribution in [3.8, 4) is 5.75 Å². The van der Waals surface area contributed by atoms with Crippen LogP contribution in [0.25, 0.3) is 0 Å². The summed E-state index contributed by atoms with van der Waals surface area (Å²) >= 11 is 0. The Balaban J connectivity index is 0.000000428. The van der Waals surface area contributed by atoms with Gasteiger partial charge in [-0.3, -0.25) is 0 Å². The van der Waals surface area contributed by atoms with Gasteiger partial charge in [0.05, 0.1) is 13.2 Å². The van der Waals surface area contributed by atoms with Crippen LogP contribution in [0.5, 0.6) is 5.75 Å². The number of allylic oxidation sites excluding steroid dienone is 4. The van der Waals surface area contributed by atoms with E-state index >= 15 is 0 Å². The van der Waals surface area contributed by atoms with Gasteiger partial charge in [0.15, 0.2) is 0 Å². The highest BCUT2D eigenvalue weighted by atomic mass is 16.5. The predicted molar refractivity (Wildman–Crippen MR) is 125 cm³/mol. The summed E-state index contributed by atoms with van der Waals surface area (Å²) in [4.78, 5) is 0. The van der Waals surface area contributed by atoms with Crippen LogP contribution in [0.1, 0.15) is 25.8 Å². The first-order valence-corrected chi connectivity index (χ1v) is 10.1. The lowest BCUT2D eigenvalue weighted by Gasteiger charge is -2.02. The van der Waals surface area contributed by atoms with Crippen LogP contribution in [-0.4, -0.2) is 35.1 Å². The summed E-state index contributed by atoms with van der Waals surface area (Å²) in [6.45, 7) is 8.53. The lowest BCUT2D eigenvalue weighted by Crippen LogP contribution is -2.00. The molecule has 4 nitrogen and oxygen atoms in total. The summed E-state index contributed by atoms with van der Waals surface area (Å²) in [5.41, 5.74) is 2.14. The maximum atomic E-state index is 8.75. The minimum absolute atomic E-state index is 0.0644. The van der Waals surface area contributed by atoms with Gasteiger partial charge in [-0.15, -0.1) is 6.58 Å². The number of benzene rings is 2. The van der Waals surface area contributed by atoms with Gasteiger partial charge >= 0.3 is 0 Å². The van der Waals surface area contributed by atoms with Crippen molar-refractivity contribution in [1.82, 2.24) is 0 Å². The van der Waals surface area contributed by atoms with Crippen molar-refractivity contribution in [1.29, 1.82) is 0 Å². The zero-order valence-corrected chi connectivity index (χ0v) is 18.2. The van der Waals surface area contributed by atoms with E-state index in [4.69, 9.17) is 20.1 Å². The summed E-state index contributed by atoms with van der Waals surface area (Å²) < 4.78 is 5.11. The molecule has 0 radical (unpaired) electrons. The first-order chi connectivity index (χ1) is 14.6. The van der Waals surface area contributed by atoms with Crippen molar-refractivity contribution >= 4 is 0 Å². The number of hydrogen-bond donors (Lipinski definition) is 3. The fourth-order valence-corrected chi connectivity index (χ4v) is 2.23. The third-order valence-corrected chi connectivity index (χ3v) is 3.76. The minimum Gasteiger partial charge on any atom is -0.491 e. The molecule has 0 spiro atoms. The van der Waals surface area contributed by atoms with E-state index in [1.54, 1.807) is 0 Å². The summed E-state index contributed by atoms with van der Waals surface area (Å²) in [5.74, 6) is 1.18. The predicted octanol–water partition coefficient (Wildman–Crippen LogP) is 4.93. The largest absolute Gasteiger partial charge is 0.491 e. The molecule has 0 aliphatic carbocycles. The molecule has 1 atom stereocenters. The second kappa shape index (κ2) is 19.6. The summed E-state index contributed by atoms with van der Waals surface area (Å²) in [5, 5.41) is 25.7. The Labute approximate surface area is 181 Å². The molecule has 3 N–H and O–H groups in total. The van der Waals surface area contributed by atoms with E-state index in [9.17, 15) is 0 Å². The van der Waals surface area contributed by atoms with Gasteiger partial charge in [0.1, 0.15) is 12.4 Å². The van der Waals surface area contributed by atoms with Crippen molar-refractivity contribution in [2.45, 2.75) is 26.9 Å². The Morgan fingerprint density at radius 3 is 2.00 bits per heavy atom. The van der Waals surface area contributed by atoms with Crippen LogP contribution in [0.15, 0.2) is 97.1 Å². The third-order valence-electron chi connectivity index (χ3n) is 3.76. The molecular weight excluding hydrogens is 376 g/mol. The Bertz CT molecular complexity index is 693. The molecular formula is C26H36O4. The third kappa shape index (κ3) is 15.3. The van der Waals surface area contributed by atoms with Crippen LogP contribution in [0, 0.1) is 5.92 Å². The number of rotatable bonds is 9. The monoisotopic (exact) mass is 412 g/mol. The molecule has 0 saturated heterocycles. The van der Waals surface area contributed by atoms with Crippen molar-refractivity contribution in [3.63, 3.8) is 0 Å². The molecule has 0 fully saturated rings. The van der Waals surface area contributed by atoms with Gasteiger partial charge in [-0.2, -0.15) is 0 Å². The van der Waals surface area contributed by atoms with E-state index in [0.29, 0.717) is 12.5 Å². The zero-order valence-electron chi connectivity index (χ0n) is 18.2. The molecule has 0 aliphatic heterocycles. The highest BCUT2D eigenvalue weighted by Crippen LogP contribution is 2.09. The standard InChI is InChI=1S/C11H18O.C8H10O2.C7H8O/c1-4-6-11(7-8-12)9-10(3)5-2;9-6-7-10-8-4-2-1-3-5-8;8-6-7-4-2-1-3-5-7/h4-6,9-10,12H,2,7-8H2,1,3H3;1-5,9H,6-7H2;1-5,8H,6H2/b6-4-,11-9+;;. The molecule has 30 heavy (non-hydrogen) atoms. The van der Waals surface area contributed by atoms with E-state index in [1.807, 2.05) is 85.8 Å². The van der Waals surface area contributed by atoms with Gasteiger partial charge in [-0.25, -0.2) is 0 Å².